The number of nitrogens with one attached hydrogen (secondary N) is 1. The lowest BCUT2D eigenvalue weighted by Gasteiger charge is -2.15. The molecule has 0 aliphatic heterocycles. The molecule has 2 aromatic carbocycles. The van der Waals surface area contributed by atoms with Gasteiger partial charge in [-0.3, -0.25) is 9.63 Å². The Labute approximate surface area is 175 Å². The minimum atomic E-state index is -4.06. The number of amides is 1. The summed E-state index contributed by atoms with van der Waals surface area (Å²) in [7, 11) is -1.71. The van der Waals surface area contributed by atoms with Crippen molar-refractivity contribution >= 4 is 55.1 Å². The molecule has 2 rings (SSSR count). The molecule has 0 heterocycles. The molecule has 0 unspecified atom stereocenters. The number of halogens is 2. The van der Waals surface area contributed by atoms with Crippen LogP contribution in [0.3, 0.4) is 0 Å². The molecule has 150 valence electrons. The maximum Gasteiger partial charge on any atom is 0.338 e. The fraction of sp³-hybridized carbons (Fsp3) is 0.176. The fourth-order valence-corrected chi connectivity index (χ4v) is 3.75. The Kier molecular flexibility index (Phi) is 7.55. The van der Waals surface area contributed by atoms with E-state index in [1.807, 2.05) is 0 Å². The number of hydrogen-bond donors (Lipinski definition) is 1. The van der Waals surface area contributed by atoms with Crippen LogP contribution in [0.15, 0.2) is 51.8 Å². The van der Waals surface area contributed by atoms with Gasteiger partial charge in [-0.15, -0.1) is 0 Å². The van der Waals surface area contributed by atoms with Crippen molar-refractivity contribution in [3.63, 3.8) is 0 Å². The van der Waals surface area contributed by atoms with Gasteiger partial charge in [0.15, 0.2) is 6.61 Å². The monoisotopic (exact) mass is 490 g/mol. The van der Waals surface area contributed by atoms with Crippen LogP contribution in [0.2, 0.25) is 5.02 Å². The van der Waals surface area contributed by atoms with Gasteiger partial charge in [0.05, 0.1) is 17.7 Å². The molecular weight excluding hydrogens is 476 g/mol. The highest BCUT2D eigenvalue weighted by atomic mass is 79.9. The Morgan fingerprint density at radius 1 is 1.18 bits per heavy atom. The van der Waals surface area contributed by atoms with Crippen molar-refractivity contribution < 1.29 is 27.6 Å². The van der Waals surface area contributed by atoms with Gasteiger partial charge in [-0.05, 0) is 42.5 Å². The zero-order valence-electron chi connectivity index (χ0n) is 14.8. The highest BCUT2D eigenvalue weighted by Gasteiger charge is 2.25. The Hall–Kier alpha value is -1.98. The maximum atomic E-state index is 12.3. The maximum absolute atomic E-state index is 12.3. The Bertz CT molecular complexity index is 982. The molecule has 0 aliphatic rings. The van der Waals surface area contributed by atoms with Gasteiger partial charge in [0.25, 0.3) is 15.9 Å². The average Bonchev–Trinajstić information content (AvgIpc) is 2.67. The number of hydrogen-bond acceptors (Lipinski definition) is 6. The SMILES string of the molecule is CON(C)S(=O)(=O)c1cc(C(=O)OCC(=O)Nc2ccc(Br)cc2)ccc1Cl. The number of carbonyl (C=O) groups is 2. The normalized spacial score (nSPS) is 11.3. The van der Waals surface area contributed by atoms with Gasteiger partial charge in [0, 0.05) is 17.2 Å². The van der Waals surface area contributed by atoms with E-state index in [-0.39, 0.29) is 15.5 Å². The Balaban J connectivity index is 2.07. The van der Waals surface area contributed by atoms with Gasteiger partial charge in [0.1, 0.15) is 4.90 Å². The van der Waals surface area contributed by atoms with Crippen molar-refractivity contribution in [1.82, 2.24) is 4.47 Å². The summed E-state index contributed by atoms with van der Waals surface area (Å²) in [5.74, 6) is -1.42. The van der Waals surface area contributed by atoms with Crippen molar-refractivity contribution in [2.75, 3.05) is 26.1 Å². The summed E-state index contributed by atoms with van der Waals surface area (Å²) in [6.45, 7) is -0.544. The van der Waals surface area contributed by atoms with Gasteiger partial charge >= 0.3 is 5.97 Å². The van der Waals surface area contributed by atoms with E-state index in [1.165, 1.54) is 26.3 Å². The quantitative estimate of drug-likeness (QED) is 0.472. The smallest absolute Gasteiger partial charge is 0.338 e. The lowest BCUT2D eigenvalue weighted by Crippen LogP contribution is -2.26. The average molecular weight is 492 g/mol. The summed E-state index contributed by atoms with van der Waals surface area (Å²) in [5.41, 5.74) is 0.454. The third-order valence-corrected chi connectivity index (χ3v) is 6.19. The molecule has 0 spiro atoms. The summed E-state index contributed by atoms with van der Waals surface area (Å²) >= 11 is 9.21. The van der Waals surface area contributed by atoms with Crippen LogP contribution in [-0.4, -0.2) is 45.5 Å². The molecule has 0 atom stereocenters. The third kappa shape index (κ3) is 5.52. The van der Waals surface area contributed by atoms with Gasteiger partial charge in [-0.1, -0.05) is 32.0 Å². The standard InChI is InChI=1S/C17H16BrClN2O6S/c1-21(26-2)28(24,25)15-9-11(3-8-14(15)19)17(23)27-10-16(22)20-13-6-4-12(18)5-7-13/h3-9H,10H2,1-2H3,(H,20,22). The molecule has 1 N–H and O–H groups in total. The number of hydroxylamine groups is 1. The second kappa shape index (κ2) is 9.48. The van der Waals surface area contributed by atoms with Gasteiger partial charge < -0.3 is 10.1 Å². The zero-order chi connectivity index (χ0) is 20.9. The van der Waals surface area contributed by atoms with E-state index in [2.05, 4.69) is 26.1 Å². The number of benzene rings is 2. The van der Waals surface area contributed by atoms with E-state index in [4.69, 9.17) is 16.3 Å². The van der Waals surface area contributed by atoms with Crippen molar-refractivity contribution in [2.24, 2.45) is 0 Å². The number of rotatable bonds is 7. The first-order valence-corrected chi connectivity index (χ1v) is 10.3. The van der Waals surface area contributed by atoms with E-state index in [0.29, 0.717) is 10.2 Å². The van der Waals surface area contributed by atoms with Crippen LogP contribution < -0.4 is 5.32 Å². The van der Waals surface area contributed by atoms with Crippen molar-refractivity contribution in [2.45, 2.75) is 4.90 Å². The molecule has 0 saturated heterocycles. The predicted octanol–water partition coefficient (Wildman–Crippen LogP) is 3.08. The largest absolute Gasteiger partial charge is 0.452 e. The molecule has 28 heavy (non-hydrogen) atoms. The van der Waals surface area contributed by atoms with E-state index in [0.717, 1.165) is 10.5 Å². The fourth-order valence-electron chi connectivity index (χ4n) is 2.01. The van der Waals surface area contributed by atoms with Crippen LogP contribution in [0.4, 0.5) is 5.69 Å². The zero-order valence-corrected chi connectivity index (χ0v) is 18.0. The minimum absolute atomic E-state index is 0.0797. The van der Waals surface area contributed by atoms with E-state index >= 15 is 0 Å². The van der Waals surface area contributed by atoms with Crippen molar-refractivity contribution in [3.8, 4) is 0 Å². The van der Waals surface area contributed by atoms with Gasteiger partial charge in [-0.25, -0.2) is 13.2 Å². The molecule has 0 aliphatic carbocycles. The van der Waals surface area contributed by atoms with Crippen molar-refractivity contribution in [3.05, 3.63) is 57.5 Å². The summed E-state index contributed by atoms with van der Waals surface area (Å²) in [6.07, 6.45) is 0. The summed E-state index contributed by atoms with van der Waals surface area (Å²) in [6, 6.07) is 10.4. The summed E-state index contributed by atoms with van der Waals surface area (Å²) < 4.78 is 31.1. The summed E-state index contributed by atoms with van der Waals surface area (Å²) in [5, 5.41) is 2.48. The Morgan fingerprint density at radius 2 is 1.82 bits per heavy atom. The lowest BCUT2D eigenvalue weighted by molar-refractivity contribution is -0.119. The van der Waals surface area contributed by atoms with Crippen LogP contribution in [0.5, 0.6) is 0 Å². The lowest BCUT2D eigenvalue weighted by atomic mass is 10.2. The predicted molar refractivity (Wildman–Crippen MR) is 106 cm³/mol. The van der Waals surface area contributed by atoms with Gasteiger partial charge in [0.2, 0.25) is 0 Å². The van der Waals surface area contributed by atoms with Gasteiger partial charge in [-0.2, -0.15) is 0 Å². The van der Waals surface area contributed by atoms with Crippen LogP contribution in [0.25, 0.3) is 0 Å². The first-order valence-electron chi connectivity index (χ1n) is 7.70. The van der Waals surface area contributed by atoms with E-state index in [9.17, 15) is 18.0 Å². The molecule has 0 radical (unpaired) electrons. The molecule has 0 saturated carbocycles. The number of carbonyl (C=O) groups excluding carboxylic acids is 2. The second-order valence-corrected chi connectivity index (χ2v) is 8.60. The molecule has 11 heteroatoms. The highest BCUT2D eigenvalue weighted by molar-refractivity contribution is 9.10. The molecule has 1 amide bonds. The molecule has 0 bridgehead atoms. The first kappa shape index (κ1) is 22.3. The number of ether oxygens (including phenoxy) is 1. The molecule has 0 aromatic heterocycles. The topological polar surface area (TPSA) is 102 Å². The first-order chi connectivity index (χ1) is 13.1. The van der Waals surface area contributed by atoms with Crippen molar-refractivity contribution in [1.29, 1.82) is 0 Å². The highest BCUT2D eigenvalue weighted by Crippen LogP contribution is 2.25. The van der Waals surface area contributed by atoms with Crippen LogP contribution in [-0.2, 0) is 24.4 Å². The molecular formula is C17H16BrClN2O6S. The van der Waals surface area contributed by atoms with E-state index < -0.39 is 28.5 Å². The number of esters is 1. The second-order valence-electron chi connectivity index (χ2n) is 5.37. The molecule has 0 fully saturated rings. The minimum Gasteiger partial charge on any atom is -0.452 e. The third-order valence-electron chi connectivity index (χ3n) is 3.50. The summed E-state index contributed by atoms with van der Waals surface area (Å²) in [4.78, 5) is 28.4. The Morgan fingerprint density at radius 3 is 2.43 bits per heavy atom. The number of nitrogens with zero attached hydrogens (tertiary/aromatic N) is 1. The van der Waals surface area contributed by atoms with Crippen LogP contribution in [0.1, 0.15) is 10.4 Å². The number of sulfonamides is 1. The number of anilines is 1. The van der Waals surface area contributed by atoms with Crippen LogP contribution >= 0.6 is 27.5 Å². The van der Waals surface area contributed by atoms with Crippen LogP contribution in [0, 0.1) is 0 Å². The molecule has 8 nitrogen and oxygen atoms in total. The van der Waals surface area contributed by atoms with E-state index in [1.54, 1.807) is 24.3 Å². The molecule has 2 aromatic rings.